The molecule has 1 aliphatic rings. The van der Waals surface area contributed by atoms with E-state index in [9.17, 15) is 4.79 Å². The van der Waals surface area contributed by atoms with Crippen LogP contribution in [0.1, 0.15) is 36.4 Å². The van der Waals surface area contributed by atoms with Crippen LogP contribution in [0.5, 0.6) is 0 Å². The number of amidine groups is 1. The van der Waals surface area contributed by atoms with Crippen LogP contribution in [0, 0.1) is 13.8 Å². The number of benzene rings is 2. The van der Waals surface area contributed by atoms with E-state index in [1.54, 1.807) is 4.90 Å². The van der Waals surface area contributed by atoms with Gasteiger partial charge in [-0.1, -0.05) is 43.3 Å². The molecule has 0 spiro atoms. The Balaban J connectivity index is 1.70. The van der Waals surface area contributed by atoms with E-state index in [1.165, 1.54) is 23.0 Å². The zero-order chi connectivity index (χ0) is 24.1. The Kier molecular flexibility index (Phi) is 7.70. The molecule has 1 saturated heterocycles. The molecule has 0 unspecified atom stereocenters. The monoisotopic (exact) mass is 473 g/mol. The van der Waals surface area contributed by atoms with Crippen LogP contribution < -0.4 is 0 Å². The van der Waals surface area contributed by atoms with E-state index in [0.29, 0.717) is 29.8 Å². The minimum atomic E-state index is -0.0295. The van der Waals surface area contributed by atoms with Crippen molar-refractivity contribution in [2.75, 3.05) is 19.8 Å². The fourth-order valence-corrected chi connectivity index (χ4v) is 5.19. The molecular formula is C28H31N3O2S. The lowest BCUT2D eigenvalue weighted by atomic mass is 10.1. The van der Waals surface area contributed by atoms with Crippen molar-refractivity contribution >= 4 is 34.6 Å². The summed E-state index contributed by atoms with van der Waals surface area (Å²) in [5.41, 5.74) is 6.63. The van der Waals surface area contributed by atoms with E-state index in [0.717, 1.165) is 29.1 Å². The quantitative estimate of drug-likeness (QED) is 0.285. The highest BCUT2D eigenvalue weighted by molar-refractivity contribution is 8.18. The third kappa shape index (κ3) is 5.03. The van der Waals surface area contributed by atoms with Gasteiger partial charge in [-0.15, -0.1) is 0 Å². The van der Waals surface area contributed by atoms with Crippen molar-refractivity contribution in [2.45, 2.75) is 34.1 Å². The summed E-state index contributed by atoms with van der Waals surface area (Å²) >= 11 is 1.42. The lowest BCUT2D eigenvalue weighted by Gasteiger charge is -2.15. The third-order valence-electron chi connectivity index (χ3n) is 5.90. The second kappa shape index (κ2) is 10.9. The van der Waals surface area contributed by atoms with E-state index >= 15 is 0 Å². The number of nitrogens with zero attached hydrogens (tertiary/aromatic N) is 3. The number of ether oxygens (including phenoxy) is 1. The Bertz CT molecular complexity index is 1230. The first-order valence-corrected chi connectivity index (χ1v) is 12.5. The molecule has 0 saturated carbocycles. The number of hydrogen-bond donors (Lipinski definition) is 0. The molecule has 2 aromatic carbocycles. The van der Waals surface area contributed by atoms with Gasteiger partial charge in [-0.05, 0) is 80.4 Å². The maximum Gasteiger partial charge on any atom is 0.266 e. The second-order valence-corrected chi connectivity index (χ2v) is 9.15. The van der Waals surface area contributed by atoms with Crippen molar-refractivity contribution in [3.05, 3.63) is 88.1 Å². The second-order valence-electron chi connectivity index (χ2n) is 8.14. The van der Waals surface area contributed by atoms with E-state index in [-0.39, 0.29) is 5.91 Å². The minimum absolute atomic E-state index is 0.0295. The molecule has 1 aliphatic heterocycles. The Labute approximate surface area is 206 Å². The number of amides is 1. The topological polar surface area (TPSA) is 46.8 Å². The number of aryl methyl sites for hydroxylation is 2. The van der Waals surface area contributed by atoms with Crippen LogP contribution in [-0.2, 0) is 16.0 Å². The lowest BCUT2D eigenvalue weighted by molar-refractivity contribution is -0.122. The van der Waals surface area contributed by atoms with Gasteiger partial charge < -0.3 is 9.30 Å². The van der Waals surface area contributed by atoms with Gasteiger partial charge in [-0.2, -0.15) is 0 Å². The van der Waals surface area contributed by atoms with Gasteiger partial charge in [0, 0.05) is 23.7 Å². The van der Waals surface area contributed by atoms with Gasteiger partial charge in [0.1, 0.15) is 0 Å². The van der Waals surface area contributed by atoms with Crippen LogP contribution in [0.25, 0.3) is 11.8 Å². The standard InChI is InChI=1S/C28H31N3O2S/c1-5-22-12-10-11-15-25(22)31-20(3)18-23(21(31)4)19-26-27(32)30(16-17-33-6-2)28(34-26)29-24-13-8-7-9-14-24/h7-15,18-19H,5-6,16-17H2,1-4H3/b26-19-,29-28?. The molecule has 0 bridgehead atoms. The molecular weight excluding hydrogens is 442 g/mol. The van der Waals surface area contributed by atoms with Crippen molar-refractivity contribution in [3.8, 4) is 5.69 Å². The van der Waals surface area contributed by atoms with Gasteiger partial charge >= 0.3 is 0 Å². The van der Waals surface area contributed by atoms with Crippen molar-refractivity contribution < 1.29 is 9.53 Å². The molecule has 1 fully saturated rings. The summed E-state index contributed by atoms with van der Waals surface area (Å²) in [7, 11) is 0. The molecule has 176 valence electrons. The van der Waals surface area contributed by atoms with Crippen LogP contribution in [0.3, 0.4) is 0 Å². The van der Waals surface area contributed by atoms with Crippen LogP contribution in [0.2, 0.25) is 0 Å². The summed E-state index contributed by atoms with van der Waals surface area (Å²) in [6.07, 6.45) is 2.97. The first kappa shape index (κ1) is 24.0. The predicted octanol–water partition coefficient (Wildman–Crippen LogP) is 6.30. The molecule has 1 amide bonds. The van der Waals surface area contributed by atoms with Crippen LogP contribution in [0.15, 0.2) is 70.6 Å². The molecule has 6 heteroatoms. The molecule has 3 aromatic rings. The summed E-state index contributed by atoms with van der Waals surface area (Å²) in [5.74, 6) is -0.0295. The molecule has 4 rings (SSSR count). The summed E-state index contributed by atoms with van der Waals surface area (Å²) < 4.78 is 7.80. The van der Waals surface area contributed by atoms with Crippen molar-refractivity contribution in [1.29, 1.82) is 0 Å². The largest absolute Gasteiger partial charge is 0.380 e. The number of para-hydroxylation sites is 2. The average molecular weight is 474 g/mol. The molecule has 5 nitrogen and oxygen atoms in total. The van der Waals surface area contributed by atoms with Gasteiger partial charge in [-0.3, -0.25) is 9.69 Å². The summed E-state index contributed by atoms with van der Waals surface area (Å²) in [4.78, 5) is 20.5. The van der Waals surface area contributed by atoms with Gasteiger partial charge in [0.25, 0.3) is 5.91 Å². The predicted molar refractivity (Wildman–Crippen MR) is 142 cm³/mol. The smallest absolute Gasteiger partial charge is 0.266 e. The van der Waals surface area contributed by atoms with Crippen LogP contribution >= 0.6 is 11.8 Å². The van der Waals surface area contributed by atoms with Gasteiger partial charge in [0.05, 0.1) is 23.7 Å². The van der Waals surface area contributed by atoms with Gasteiger partial charge in [0.2, 0.25) is 0 Å². The molecule has 0 radical (unpaired) electrons. The molecule has 2 heterocycles. The number of aliphatic imine (C=N–C) groups is 1. The van der Waals surface area contributed by atoms with Crippen molar-refractivity contribution in [3.63, 3.8) is 0 Å². The highest BCUT2D eigenvalue weighted by atomic mass is 32.2. The van der Waals surface area contributed by atoms with E-state index in [4.69, 9.17) is 9.73 Å². The van der Waals surface area contributed by atoms with E-state index < -0.39 is 0 Å². The zero-order valence-electron chi connectivity index (χ0n) is 20.2. The van der Waals surface area contributed by atoms with Crippen molar-refractivity contribution in [2.24, 2.45) is 4.99 Å². The highest BCUT2D eigenvalue weighted by Gasteiger charge is 2.33. The maximum absolute atomic E-state index is 13.4. The number of aromatic nitrogens is 1. The van der Waals surface area contributed by atoms with E-state index in [1.807, 2.05) is 43.3 Å². The lowest BCUT2D eigenvalue weighted by Crippen LogP contribution is -2.32. The first-order valence-electron chi connectivity index (χ1n) is 11.7. The molecule has 1 aromatic heterocycles. The Morgan fingerprint density at radius 3 is 2.50 bits per heavy atom. The number of thioether (sulfide) groups is 1. The Morgan fingerprint density at radius 1 is 1.03 bits per heavy atom. The Hall–Kier alpha value is -3.09. The SMILES string of the molecule is CCOCCN1C(=O)/C(=C/c2cc(C)n(-c3ccccc3CC)c2C)SC1=Nc1ccccc1. The number of carbonyl (C=O) groups is 1. The van der Waals surface area contributed by atoms with Crippen molar-refractivity contribution in [1.82, 2.24) is 9.47 Å². The molecule has 34 heavy (non-hydrogen) atoms. The van der Waals surface area contributed by atoms with Gasteiger partial charge in [-0.25, -0.2) is 4.99 Å². The van der Waals surface area contributed by atoms with Gasteiger partial charge in [0.15, 0.2) is 5.17 Å². The molecule has 0 N–H and O–H groups in total. The van der Waals surface area contributed by atoms with E-state index in [2.05, 4.69) is 55.7 Å². The number of hydrogen-bond acceptors (Lipinski definition) is 4. The molecule has 0 aliphatic carbocycles. The van der Waals surface area contributed by atoms with Crippen LogP contribution in [-0.4, -0.2) is 40.3 Å². The maximum atomic E-state index is 13.4. The number of rotatable bonds is 8. The fraction of sp³-hybridized carbons (Fsp3) is 0.286. The molecule has 0 atom stereocenters. The minimum Gasteiger partial charge on any atom is -0.380 e. The highest BCUT2D eigenvalue weighted by Crippen LogP contribution is 2.35. The third-order valence-corrected chi connectivity index (χ3v) is 6.91. The zero-order valence-corrected chi connectivity index (χ0v) is 21.1. The summed E-state index contributed by atoms with van der Waals surface area (Å²) in [5, 5.41) is 0.687. The fourth-order valence-electron chi connectivity index (χ4n) is 4.18. The van der Waals surface area contributed by atoms with Crippen LogP contribution in [0.4, 0.5) is 5.69 Å². The summed E-state index contributed by atoms with van der Waals surface area (Å²) in [6, 6.07) is 20.4. The average Bonchev–Trinajstić information content (AvgIpc) is 3.29. The summed E-state index contributed by atoms with van der Waals surface area (Å²) in [6.45, 7) is 9.93. The number of carbonyl (C=O) groups excluding carboxylic acids is 1. The Morgan fingerprint density at radius 2 is 1.76 bits per heavy atom. The first-order chi connectivity index (χ1) is 16.5. The normalized spacial score (nSPS) is 16.2.